The molecule has 0 fully saturated rings. The lowest BCUT2D eigenvalue weighted by atomic mass is 10.1. The number of ether oxygens (including phenoxy) is 1. The average molecular weight is 639 g/mol. The van der Waals surface area contributed by atoms with Crippen LogP contribution in [-0.4, -0.2) is 41.7 Å². The smallest absolute Gasteiger partial charge is 0.306 e. The lowest BCUT2D eigenvalue weighted by molar-refractivity contribution is -0.147. The third-order valence-corrected chi connectivity index (χ3v) is 7.83. The Kier molecular flexibility index (Phi) is 10.1. The molecule has 3 rings (SSSR count). The van der Waals surface area contributed by atoms with Crippen molar-refractivity contribution in [2.24, 2.45) is 0 Å². The number of benzene rings is 2. The van der Waals surface area contributed by atoms with Crippen LogP contribution in [0.4, 0.5) is 5.69 Å². The van der Waals surface area contributed by atoms with Crippen LogP contribution in [0.25, 0.3) is 0 Å². The molecule has 12 heteroatoms. The summed E-state index contributed by atoms with van der Waals surface area (Å²) in [6, 6.07) is 5.51. The maximum atomic E-state index is 12.7. The molecule has 1 heterocycles. The number of aryl methyl sites for hydroxylation is 1. The SMILES string of the molecule is CCc1cc(Br)ccc1NC(=O)COC(=O)CCCCCN1C(=O)c2c(Cl)c(Cl)c(Cl)c(Cl)c2C1=O. The number of hydrogen-bond acceptors (Lipinski definition) is 5. The van der Waals surface area contributed by atoms with E-state index in [0.717, 1.165) is 21.4 Å². The number of imide groups is 1. The van der Waals surface area contributed by atoms with E-state index in [0.29, 0.717) is 24.9 Å². The zero-order valence-electron chi connectivity index (χ0n) is 19.1. The second-order valence-electron chi connectivity index (χ2n) is 7.94. The quantitative estimate of drug-likeness (QED) is 0.0998. The molecule has 0 aromatic heterocycles. The van der Waals surface area contributed by atoms with E-state index in [1.165, 1.54) is 0 Å². The highest BCUT2D eigenvalue weighted by molar-refractivity contribution is 9.10. The molecule has 0 atom stereocenters. The van der Waals surface area contributed by atoms with Crippen LogP contribution in [0.15, 0.2) is 22.7 Å². The summed E-state index contributed by atoms with van der Waals surface area (Å²) in [6.07, 6.45) is 2.26. The summed E-state index contributed by atoms with van der Waals surface area (Å²) in [7, 11) is 0. The molecule has 0 saturated carbocycles. The van der Waals surface area contributed by atoms with Gasteiger partial charge in [-0.15, -0.1) is 0 Å². The molecule has 36 heavy (non-hydrogen) atoms. The summed E-state index contributed by atoms with van der Waals surface area (Å²) in [5, 5.41) is 2.35. The van der Waals surface area contributed by atoms with Crippen LogP contribution in [0.3, 0.4) is 0 Å². The fourth-order valence-electron chi connectivity index (χ4n) is 3.70. The van der Waals surface area contributed by atoms with E-state index in [1.807, 2.05) is 19.1 Å². The van der Waals surface area contributed by atoms with Gasteiger partial charge in [0, 0.05) is 23.1 Å². The van der Waals surface area contributed by atoms with E-state index in [9.17, 15) is 19.2 Å². The van der Waals surface area contributed by atoms with Gasteiger partial charge in [0.25, 0.3) is 17.7 Å². The Hall–Kier alpha value is -1.84. The monoisotopic (exact) mass is 636 g/mol. The molecule has 0 saturated heterocycles. The number of carbonyl (C=O) groups excluding carboxylic acids is 4. The van der Waals surface area contributed by atoms with Gasteiger partial charge in [0.15, 0.2) is 6.61 Å². The second-order valence-corrected chi connectivity index (χ2v) is 10.4. The fourth-order valence-corrected chi connectivity index (χ4v) is 5.12. The van der Waals surface area contributed by atoms with Gasteiger partial charge in [0.1, 0.15) is 0 Å². The van der Waals surface area contributed by atoms with Crippen LogP contribution in [0.2, 0.25) is 20.1 Å². The maximum absolute atomic E-state index is 12.7. The van der Waals surface area contributed by atoms with Crippen molar-refractivity contribution in [2.75, 3.05) is 18.5 Å². The van der Waals surface area contributed by atoms with E-state index in [2.05, 4.69) is 21.2 Å². The molecule has 1 aliphatic rings. The molecule has 192 valence electrons. The summed E-state index contributed by atoms with van der Waals surface area (Å²) in [5.41, 5.74) is 1.51. The molecule has 0 bridgehead atoms. The number of carbonyl (C=O) groups is 4. The molecule has 7 nitrogen and oxygen atoms in total. The molecular weight excluding hydrogens is 618 g/mol. The number of nitrogens with one attached hydrogen (secondary N) is 1. The Morgan fingerprint density at radius 1 is 0.944 bits per heavy atom. The molecule has 1 N–H and O–H groups in total. The van der Waals surface area contributed by atoms with Crippen LogP contribution in [0.5, 0.6) is 0 Å². The molecule has 0 aliphatic carbocycles. The van der Waals surface area contributed by atoms with E-state index < -0.39 is 23.7 Å². The van der Waals surface area contributed by atoms with Crippen LogP contribution in [-0.2, 0) is 20.7 Å². The zero-order chi connectivity index (χ0) is 26.6. The molecule has 2 aromatic carbocycles. The normalized spacial score (nSPS) is 12.7. The first-order valence-corrected chi connectivity index (χ1v) is 13.3. The molecule has 0 radical (unpaired) electrons. The first-order valence-electron chi connectivity index (χ1n) is 11.0. The van der Waals surface area contributed by atoms with Crippen molar-refractivity contribution in [1.82, 2.24) is 4.90 Å². The largest absolute Gasteiger partial charge is 0.456 e. The third-order valence-electron chi connectivity index (χ3n) is 5.53. The number of anilines is 1. The van der Waals surface area contributed by atoms with Gasteiger partial charge in [-0.1, -0.05) is 75.7 Å². The van der Waals surface area contributed by atoms with Crippen LogP contribution in [0, 0.1) is 0 Å². The predicted octanol–water partition coefficient (Wildman–Crippen LogP) is 6.96. The van der Waals surface area contributed by atoms with Gasteiger partial charge in [-0.3, -0.25) is 24.1 Å². The molecule has 1 aliphatic heterocycles. The molecular formula is C24H21BrCl4N2O5. The molecule has 0 spiro atoms. The van der Waals surface area contributed by atoms with Gasteiger partial charge in [-0.25, -0.2) is 0 Å². The van der Waals surface area contributed by atoms with Crippen LogP contribution >= 0.6 is 62.3 Å². The Labute approximate surface area is 236 Å². The minimum Gasteiger partial charge on any atom is -0.456 e. The van der Waals surface area contributed by atoms with Crippen LogP contribution in [0.1, 0.15) is 58.9 Å². The second kappa shape index (κ2) is 12.6. The number of esters is 1. The Morgan fingerprint density at radius 3 is 2.14 bits per heavy atom. The topological polar surface area (TPSA) is 92.8 Å². The summed E-state index contributed by atoms with van der Waals surface area (Å²) in [6.45, 7) is 1.69. The van der Waals surface area contributed by atoms with E-state index in [4.69, 9.17) is 51.1 Å². The van der Waals surface area contributed by atoms with Gasteiger partial charge in [0.05, 0.1) is 31.2 Å². The minimum absolute atomic E-state index is 0.0582. The Bertz CT molecular complexity index is 1190. The predicted molar refractivity (Wildman–Crippen MR) is 143 cm³/mol. The first kappa shape index (κ1) is 28.7. The minimum atomic E-state index is -0.595. The Morgan fingerprint density at radius 2 is 1.56 bits per heavy atom. The third kappa shape index (κ3) is 6.34. The molecule has 2 aromatic rings. The van der Waals surface area contributed by atoms with Crippen molar-refractivity contribution >= 4 is 91.7 Å². The number of fused-ring (bicyclic) bond motifs is 1. The highest BCUT2D eigenvalue weighted by atomic mass is 79.9. The maximum Gasteiger partial charge on any atom is 0.306 e. The van der Waals surface area contributed by atoms with Gasteiger partial charge >= 0.3 is 5.97 Å². The van der Waals surface area contributed by atoms with Crippen molar-refractivity contribution in [3.05, 3.63) is 59.5 Å². The van der Waals surface area contributed by atoms with Crippen molar-refractivity contribution in [3.63, 3.8) is 0 Å². The van der Waals surface area contributed by atoms with Gasteiger partial charge in [-0.05, 0) is 43.0 Å². The fraction of sp³-hybridized carbons (Fsp3) is 0.333. The lowest BCUT2D eigenvalue weighted by Gasteiger charge is -2.13. The number of rotatable bonds is 10. The number of halogens is 5. The average Bonchev–Trinajstić information content (AvgIpc) is 3.10. The summed E-state index contributed by atoms with van der Waals surface area (Å²) in [4.78, 5) is 50.6. The van der Waals surface area contributed by atoms with E-state index >= 15 is 0 Å². The highest BCUT2D eigenvalue weighted by Crippen LogP contribution is 2.44. The number of amides is 3. The number of hydrogen-bond donors (Lipinski definition) is 1. The number of nitrogens with zero attached hydrogens (tertiary/aromatic N) is 1. The van der Waals surface area contributed by atoms with Crippen molar-refractivity contribution in [3.8, 4) is 0 Å². The van der Waals surface area contributed by atoms with Crippen molar-refractivity contribution in [1.29, 1.82) is 0 Å². The first-order chi connectivity index (χ1) is 17.1. The highest BCUT2D eigenvalue weighted by Gasteiger charge is 2.41. The van der Waals surface area contributed by atoms with E-state index in [1.54, 1.807) is 6.07 Å². The summed E-state index contributed by atoms with van der Waals surface area (Å²) < 4.78 is 5.96. The number of unbranched alkanes of at least 4 members (excludes halogenated alkanes) is 2. The zero-order valence-corrected chi connectivity index (χ0v) is 23.7. The Balaban J connectivity index is 1.41. The lowest BCUT2D eigenvalue weighted by Crippen LogP contribution is -2.30. The van der Waals surface area contributed by atoms with Crippen LogP contribution < -0.4 is 5.32 Å². The van der Waals surface area contributed by atoms with Gasteiger partial charge in [0.2, 0.25) is 0 Å². The van der Waals surface area contributed by atoms with Crippen molar-refractivity contribution < 1.29 is 23.9 Å². The summed E-state index contributed by atoms with van der Waals surface area (Å²) >= 11 is 27.6. The van der Waals surface area contributed by atoms with E-state index in [-0.39, 0.29) is 50.8 Å². The molecule has 3 amide bonds. The molecule has 0 unspecified atom stereocenters. The standard InChI is InChI=1S/C24H21BrCl4N2O5/c1-2-12-10-13(25)7-8-14(12)30-15(32)11-36-16(33)6-4-3-5-9-31-23(34)17-18(24(31)35)20(27)22(29)21(28)19(17)26/h7-8,10H,2-6,9,11H2,1H3,(H,30,32). The van der Waals surface area contributed by atoms with Gasteiger partial charge in [-0.2, -0.15) is 0 Å². The summed E-state index contributed by atoms with van der Waals surface area (Å²) in [5.74, 6) is -2.13. The van der Waals surface area contributed by atoms with Gasteiger partial charge < -0.3 is 10.1 Å². The van der Waals surface area contributed by atoms with Crippen molar-refractivity contribution in [2.45, 2.75) is 39.0 Å².